The van der Waals surface area contributed by atoms with Crippen molar-refractivity contribution in [3.63, 3.8) is 0 Å². The van der Waals surface area contributed by atoms with Crippen molar-refractivity contribution in [2.75, 3.05) is 0 Å². The summed E-state index contributed by atoms with van der Waals surface area (Å²) in [5.74, 6) is 1.36. The molecule has 2 rings (SSSR count). The van der Waals surface area contributed by atoms with Crippen LogP contribution < -0.4 is 5.43 Å². The number of hydrogen-bond acceptors (Lipinski definition) is 1. The molecule has 0 radical (unpaired) electrons. The van der Waals surface area contributed by atoms with E-state index in [-0.39, 0.29) is 5.43 Å². The van der Waals surface area contributed by atoms with Gasteiger partial charge in [0.1, 0.15) is 0 Å². The van der Waals surface area contributed by atoms with E-state index in [1.54, 1.807) is 6.07 Å². The molecule has 0 bridgehead atoms. The summed E-state index contributed by atoms with van der Waals surface area (Å²) in [6, 6.07) is 1.72. The number of hydrogen-bond donors (Lipinski definition) is 1. The highest BCUT2D eigenvalue weighted by atomic mass is 16.1. The number of nitrogens with one attached hydrogen (secondary N) is 1. The van der Waals surface area contributed by atoms with Crippen LogP contribution >= 0.6 is 0 Å². The number of aryl methyl sites for hydroxylation is 2. The Morgan fingerprint density at radius 2 is 2.20 bits per heavy atom. The van der Waals surface area contributed by atoms with Gasteiger partial charge >= 0.3 is 0 Å². The van der Waals surface area contributed by atoms with Gasteiger partial charge < -0.3 is 4.98 Å². The summed E-state index contributed by atoms with van der Waals surface area (Å²) in [5.41, 5.74) is 3.43. The molecule has 2 heteroatoms. The van der Waals surface area contributed by atoms with Crippen LogP contribution in [-0.4, -0.2) is 4.98 Å². The molecule has 0 aromatic carbocycles. The molecule has 1 aliphatic rings. The van der Waals surface area contributed by atoms with Gasteiger partial charge in [0.25, 0.3) is 0 Å². The van der Waals surface area contributed by atoms with E-state index in [4.69, 9.17) is 0 Å². The zero-order valence-corrected chi connectivity index (χ0v) is 9.76. The number of aromatic nitrogens is 1. The number of aromatic amines is 1. The average Bonchev–Trinajstić information content (AvgIpc) is 2.16. The molecule has 1 atom stereocenters. The normalized spacial score (nSPS) is 20.4. The van der Waals surface area contributed by atoms with Crippen molar-refractivity contribution in [1.82, 2.24) is 4.98 Å². The Hall–Kier alpha value is -1.05. The fourth-order valence-corrected chi connectivity index (χ4v) is 2.48. The average molecular weight is 205 g/mol. The Morgan fingerprint density at radius 1 is 1.47 bits per heavy atom. The summed E-state index contributed by atoms with van der Waals surface area (Å²) in [6.45, 7) is 6.45. The fourth-order valence-electron chi connectivity index (χ4n) is 2.48. The van der Waals surface area contributed by atoms with Crippen LogP contribution in [0, 0.1) is 18.8 Å². The van der Waals surface area contributed by atoms with Gasteiger partial charge in [-0.2, -0.15) is 0 Å². The first-order chi connectivity index (χ1) is 7.08. The second-order valence-corrected chi connectivity index (χ2v) is 5.02. The molecule has 2 nitrogen and oxygen atoms in total. The van der Waals surface area contributed by atoms with Crippen LogP contribution in [0.3, 0.4) is 0 Å². The lowest BCUT2D eigenvalue weighted by molar-refractivity contribution is 0.339. The van der Waals surface area contributed by atoms with E-state index in [1.807, 2.05) is 6.92 Å². The molecule has 15 heavy (non-hydrogen) atoms. The van der Waals surface area contributed by atoms with Crippen molar-refractivity contribution in [2.24, 2.45) is 11.8 Å². The minimum atomic E-state index is 0.228. The minimum absolute atomic E-state index is 0.228. The maximum Gasteiger partial charge on any atom is 0.185 e. The predicted octanol–water partition coefficient (Wildman–Crippen LogP) is 2.44. The minimum Gasteiger partial charge on any atom is -0.362 e. The molecule has 1 unspecified atom stereocenters. The summed E-state index contributed by atoms with van der Waals surface area (Å²) >= 11 is 0. The van der Waals surface area contributed by atoms with Gasteiger partial charge in [-0.25, -0.2) is 0 Å². The Bertz CT molecular complexity index is 417. The smallest absolute Gasteiger partial charge is 0.185 e. The molecule has 0 aliphatic heterocycles. The predicted molar refractivity (Wildman–Crippen MR) is 62.2 cm³/mol. The van der Waals surface area contributed by atoms with Gasteiger partial charge in [-0.3, -0.25) is 4.79 Å². The lowest BCUT2D eigenvalue weighted by Gasteiger charge is -2.26. The Morgan fingerprint density at radius 3 is 2.87 bits per heavy atom. The third-order valence-electron chi connectivity index (χ3n) is 3.53. The van der Waals surface area contributed by atoms with Crippen LogP contribution in [0.15, 0.2) is 10.9 Å². The molecule has 1 heterocycles. The first-order valence-corrected chi connectivity index (χ1v) is 5.79. The zero-order chi connectivity index (χ0) is 11.0. The van der Waals surface area contributed by atoms with Crippen molar-refractivity contribution in [3.05, 3.63) is 33.2 Å². The summed E-state index contributed by atoms with van der Waals surface area (Å²) in [5, 5.41) is 0. The Balaban J connectivity index is 2.38. The van der Waals surface area contributed by atoms with E-state index in [0.717, 1.165) is 24.1 Å². The highest BCUT2D eigenvalue weighted by Crippen LogP contribution is 2.27. The van der Waals surface area contributed by atoms with E-state index in [2.05, 4.69) is 18.8 Å². The number of rotatable bonds is 1. The van der Waals surface area contributed by atoms with E-state index < -0.39 is 0 Å². The lowest BCUT2D eigenvalue weighted by Crippen LogP contribution is -2.26. The van der Waals surface area contributed by atoms with E-state index in [9.17, 15) is 4.79 Å². The molecule has 0 amide bonds. The van der Waals surface area contributed by atoms with E-state index in [0.29, 0.717) is 11.8 Å². The van der Waals surface area contributed by atoms with Crippen molar-refractivity contribution >= 4 is 0 Å². The first-order valence-electron chi connectivity index (χ1n) is 5.79. The van der Waals surface area contributed by atoms with E-state index in [1.165, 1.54) is 12.1 Å². The number of H-pyrrole nitrogens is 1. The van der Waals surface area contributed by atoms with Crippen LogP contribution in [0.1, 0.15) is 37.2 Å². The zero-order valence-electron chi connectivity index (χ0n) is 9.76. The maximum absolute atomic E-state index is 11.8. The molecule has 0 saturated carbocycles. The van der Waals surface area contributed by atoms with Gasteiger partial charge in [-0.15, -0.1) is 0 Å². The standard InChI is InChI=1S/C13H19NO/c1-8(2)10-4-5-12-11(7-10)13(15)6-9(3)14-12/h6,8,10H,4-5,7H2,1-3H3,(H,14,15). The molecular formula is C13H19NO. The summed E-state index contributed by atoms with van der Waals surface area (Å²) < 4.78 is 0. The van der Waals surface area contributed by atoms with Crippen LogP contribution in [-0.2, 0) is 12.8 Å². The Kier molecular flexibility index (Phi) is 2.68. The van der Waals surface area contributed by atoms with Gasteiger partial charge in [0.15, 0.2) is 5.43 Å². The third kappa shape index (κ3) is 1.99. The summed E-state index contributed by atoms with van der Waals surface area (Å²) in [4.78, 5) is 15.2. The second kappa shape index (κ2) is 3.84. The van der Waals surface area contributed by atoms with E-state index >= 15 is 0 Å². The van der Waals surface area contributed by atoms with Gasteiger partial charge in [-0.1, -0.05) is 13.8 Å². The molecule has 0 spiro atoms. The van der Waals surface area contributed by atoms with Gasteiger partial charge in [0.2, 0.25) is 0 Å². The van der Waals surface area contributed by atoms with Crippen LogP contribution in [0.4, 0.5) is 0 Å². The van der Waals surface area contributed by atoms with Crippen LogP contribution in [0.25, 0.3) is 0 Å². The van der Waals surface area contributed by atoms with Gasteiger partial charge in [-0.05, 0) is 38.0 Å². The fraction of sp³-hybridized carbons (Fsp3) is 0.615. The molecule has 1 aromatic heterocycles. The quantitative estimate of drug-likeness (QED) is 0.750. The number of pyridine rings is 1. The molecule has 1 N–H and O–H groups in total. The van der Waals surface area contributed by atoms with Crippen molar-refractivity contribution in [2.45, 2.75) is 40.0 Å². The molecule has 0 fully saturated rings. The van der Waals surface area contributed by atoms with Gasteiger partial charge in [0.05, 0.1) is 0 Å². The Labute approximate surface area is 90.7 Å². The highest BCUT2D eigenvalue weighted by Gasteiger charge is 2.23. The topological polar surface area (TPSA) is 32.9 Å². The number of fused-ring (bicyclic) bond motifs is 1. The van der Waals surface area contributed by atoms with Crippen molar-refractivity contribution < 1.29 is 0 Å². The second-order valence-electron chi connectivity index (χ2n) is 5.02. The third-order valence-corrected chi connectivity index (χ3v) is 3.53. The summed E-state index contributed by atoms with van der Waals surface area (Å²) in [7, 11) is 0. The van der Waals surface area contributed by atoms with Crippen LogP contribution in [0.2, 0.25) is 0 Å². The summed E-state index contributed by atoms with van der Waals surface area (Å²) in [6.07, 6.45) is 3.21. The maximum atomic E-state index is 11.8. The lowest BCUT2D eigenvalue weighted by atomic mass is 9.80. The van der Waals surface area contributed by atoms with Gasteiger partial charge in [0, 0.05) is 23.0 Å². The van der Waals surface area contributed by atoms with Crippen molar-refractivity contribution in [3.8, 4) is 0 Å². The SMILES string of the molecule is Cc1cc(=O)c2c([nH]1)CCC(C(C)C)C2. The van der Waals surface area contributed by atoms with Crippen LogP contribution in [0.5, 0.6) is 0 Å². The molecule has 1 aliphatic carbocycles. The largest absolute Gasteiger partial charge is 0.362 e. The molecule has 0 saturated heterocycles. The molecule has 82 valence electrons. The molecular weight excluding hydrogens is 186 g/mol. The monoisotopic (exact) mass is 205 g/mol. The first kappa shape index (κ1) is 10.5. The van der Waals surface area contributed by atoms with Crippen molar-refractivity contribution in [1.29, 1.82) is 0 Å². The molecule has 1 aromatic rings. The highest BCUT2D eigenvalue weighted by molar-refractivity contribution is 5.26.